The van der Waals surface area contributed by atoms with E-state index in [0.29, 0.717) is 38.4 Å². The zero-order chi connectivity index (χ0) is 25.6. The first kappa shape index (κ1) is 25.0. The molecule has 37 heavy (non-hydrogen) atoms. The van der Waals surface area contributed by atoms with Gasteiger partial charge in [-0.25, -0.2) is 0 Å². The summed E-state index contributed by atoms with van der Waals surface area (Å²) in [6.07, 6.45) is 1.40. The predicted octanol–water partition coefficient (Wildman–Crippen LogP) is 4.52. The van der Waals surface area contributed by atoms with Gasteiger partial charge >= 0.3 is 0 Å². The Morgan fingerprint density at radius 3 is 2.41 bits per heavy atom. The van der Waals surface area contributed by atoms with E-state index in [0.717, 1.165) is 40.8 Å². The Hall–Kier alpha value is -3.68. The number of benzene rings is 3. The average molecular weight is 501 g/mol. The Balaban J connectivity index is 1.17. The third-order valence-electron chi connectivity index (χ3n) is 7.01. The molecule has 3 aromatic rings. The van der Waals surface area contributed by atoms with Gasteiger partial charge in [0.1, 0.15) is 5.75 Å². The zero-order valence-corrected chi connectivity index (χ0v) is 21.0. The molecule has 0 radical (unpaired) electrons. The van der Waals surface area contributed by atoms with Crippen LogP contribution < -0.4 is 10.1 Å². The lowest BCUT2D eigenvalue weighted by Crippen LogP contribution is -2.44. The summed E-state index contributed by atoms with van der Waals surface area (Å²) < 4.78 is 17.3. The van der Waals surface area contributed by atoms with Crippen molar-refractivity contribution in [2.75, 3.05) is 33.4 Å². The number of likely N-dealkylation sites (tertiary alicyclic amines) is 1. The number of methoxy groups -OCH3 is 1. The maximum atomic E-state index is 12.7. The van der Waals surface area contributed by atoms with Gasteiger partial charge in [0.15, 0.2) is 0 Å². The summed E-state index contributed by atoms with van der Waals surface area (Å²) in [6, 6.07) is 23.1. The monoisotopic (exact) mass is 500 g/mol. The first-order valence-electron chi connectivity index (χ1n) is 12.8. The highest BCUT2D eigenvalue weighted by Gasteiger charge is 2.33. The van der Waals surface area contributed by atoms with Gasteiger partial charge in [0, 0.05) is 49.4 Å². The summed E-state index contributed by atoms with van der Waals surface area (Å²) in [5, 5.41) is 2.83. The first-order valence-corrected chi connectivity index (χ1v) is 12.8. The molecule has 2 amide bonds. The second kappa shape index (κ2) is 11.6. The molecule has 2 heterocycles. The Morgan fingerprint density at radius 1 is 0.946 bits per heavy atom. The molecular formula is C30H32N2O5. The van der Waals surface area contributed by atoms with E-state index in [2.05, 4.69) is 11.4 Å². The van der Waals surface area contributed by atoms with Crippen LogP contribution >= 0.6 is 0 Å². The van der Waals surface area contributed by atoms with E-state index >= 15 is 0 Å². The summed E-state index contributed by atoms with van der Waals surface area (Å²) in [5.41, 5.74) is 4.42. The lowest BCUT2D eigenvalue weighted by atomic mass is 9.94. The van der Waals surface area contributed by atoms with E-state index < -0.39 is 0 Å². The Labute approximate surface area is 217 Å². The van der Waals surface area contributed by atoms with Crippen molar-refractivity contribution in [3.05, 3.63) is 89.5 Å². The second-order valence-corrected chi connectivity index (χ2v) is 9.44. The molecule has 5 rings (SSSR count). The standard InChI is InChI=1S/C30H32N2O5/c1-35-18-15-31-28(33)22-9-7-21(8-10-22)25-11-12-27-26(19-25)20-36-30(37-27)24-13-16-32(17-14-24)29(34)23-5-3-2-4-6-23/h2-12,19,24,30H,13-18,20H2,1H3,(H,31,33). The highest BCUT2D eigenvalue weighted by molar-refractivity contribution is 5.95. The minimum Gasteiger partial charge on any atom is -0.464 e. The van der Waals surface area contributed by atoms with E-state index in [1.54, 1.807) is 7.11 Å². The number of carbonyl (C=O) groups excluding carboxylic acids is 2. The van der Waals surface area contributed by atoms with Crippen LogP contribution in [0, 0.1) is 5.92 Å². The molecule has 0 saturated carbocycles. The molecule has 7 heteroatoms. The average Bonchev–Trinajstić information content (AvgIpc) is 2.97. The summed E-state index contributed by atoms with van der Waals surface area (Å²) in [4.78, 5) is 26.9. The smallest absolute Gasteiger partial charge is 0.253 e. The summed E-state index contributed by atoms with van der Waals surface area (Å²) in [7, 11) is 1.61. The van der Waals surface area contributed by atoms with Crippen molar-refractivity contribution in [3.8, 4) is 16.9 Å². The largest absolute Gasteiger partial charge is 0.464 e. The third-order valence-corrected chi connectivity index (χ3v) is 7.01. The van der Waals surface area contributed by atoms with Gasteiger partial charge in [0.05, 0.1) is 13.2 Å². The van der Waals surface area contributed by atoms with Crippen molar-refractivity contribution in [2.24, 2.45) is 5.92 Å². The van der Waals surface area contributed by atoms with Gasteiger partial charge in [-0.3, -0.25) is 9.59 Å². The lowest BCUT2D eigenvalue weighted by Gasteiger charge is -2.37. The molecule has 1 saturated heterocycles. The topological polar surface area (TPSA) is 77.1 Å². The number of hydrogen-bond donors (Lipinski definition) is 1. The number of rotatable bonds is 7. The number of fused-ring (bicyclic) bond motifs is 1. The highest BCUT2D eigenvalue weighted by Crippen LogP contribution is 2.35. The van der Waals surface area contributed by atoms with Gasteiger partial charge in [-0.05, 0) is 60.4 Å². The number of nitrogens with zero attached hydrogens (tertiary/aromatic N) is 1. The molecule has 0 bridgehead atoms. The molecule has 3 aromatic carbocycles. The van der Waals surface area contributed by atoms with E-state index in [9.17, 15) is 9.59 Å². The molecule has 1 unspecified atom stereocenters. The summed E-state index contributed by atoms with van der Waals surface area (Å²) in [5.74, 6) is 1.06. The van der Waals surface area contributed by atoms with Crippen molar-refractivity contribution in [2.45, 2.75) is 25.7 Å². The van der Waals surface area contributed by atoms with Crippen molar-refractivity contribution in [1.29, 1.82) is 0 Å². The zero-order valence-electron chi connectivity index (χ0n) is 21.0. The van der Waals surface area contributed by atoms with E-state index in [1.165, 1.54) is 0 Å². The number of carbonyl (C=O) groups is 2. The molecular weight excluding hydrogens is 468 g/mol. The molecule has 192 valence electrons. The number of ether oxygens (including phenoxy) is 3. The maximum Gasteiger partial charge on any atom is 0.253 e. The number of nitrogens with one attached hydrogen (secondary N) is 1. The van der Waals surface area contributed by atoms with Crippen LogP contribution in [0.2, 0.25) is 0 Å². The Kier molecular flexibility index (Phi) is 7.82. The highest BCUT2D eigenvalue weighted by atomic mass is 16.7. The van der Waals surface area contributed by atoms with Crippen LogP contribution in [0.4, 0.5) is 0 Å². The van der Waals surface area contributed by atoms with Crippen LogP contribution in [-0.2, 0) is 16.1 Å². The van der Waals surface area contributed by atoms with E-state index in [4.69, 9.17) is 14.2 Å². The van der Waals surface area contributed by atoms with Gasteiger partial charge in [-0.15, -0.1) is 0 Å². The number of hydrogen-bond acceptors (Lipinski definition) is 5. The van der Waals surface area contributed by atoms with Crippen LogP contribution in [0.25, 0.3) is 11.1 Å². The van der Waals surface area contributed by atoms with Gasteiger partial charge in [0.25, 0.3) is 11.8 Å². The van der Waals surface area contributed by atoms with Crippen LogP contribution in [0.5, 0.6) is 5.75 Å². The van der Waals surface area contributed by atoms with Gasteiger partial charge in [-0.1, -0.05) is 36.4 Å². The summed E-state index contributed by atoms with van der Waals surface area (Å²) in [6.45, 7) is 2.85. The van der Waals surface area contributed by atoms with Gasteiger partial charge < -0.3 is 24.4 Å². The second-order valence-electron chi connectivity index (χ2n) is 9.44. The lowest BCUT2D eigenvalue weighted by molar-refractivity contribution is -0.148. The molecule has 1 atom stereocenters. The minimum absolute atomic E-state index is 0.0853. The van der Waals surface area contributed by atoms with Crippen molar-refractivity contribution in [3.63, 3.8) is 0 Å². The molecule has 7 nitrogen and oxygen atoms in total. The Morgan fingerprint density at radius 2 is 1.68 bits per heavy atom. The molecule has 1 N–H and O–H groups in total. The van der Waals surface area contributed by atoms with Gasteiger partial charge in [0.2, 0.25) is 6.29 Å². The van der Waals surface area contributed by atoms with E-state index in [-0.39, 0.29) is 24.0 Å². The minimum atomic E-state index is -0.303. The molecule has 1 fully saturated rings. The fourth-order valence-electron chi connectivity index (χ4n) is 4.87. The van der Waals surface area contributed by atoms with E-state index in [1.807, 2.05) is 71.6 Å². The van der Waals surface area contributed by atoms with Crippen LogP contribution in [0.15, 0.2) is 72.8 Å². The maximum absolute atomic E-state index is 12.7. The van der Waals surface area contributed by atoms with Gasteiger partial charge in [-0.2, -0.15) is 0 Å². The molecule has 0 aromatic heterocycles. The van der Waals surface area contributed by atoms with Crippen LogP contribution in [0.1, 0.15) is 39.1 Å². The first-order chi connectivity index (χ1) is 18.1. The fourth-order valence-corrected chi connectivity index (χ4v) is 4.87. The molecule has 0 aliphatic carbocycles. The number of amides is 2. The molecule has 0 spiro atoms. The SMILES string of the molecule is COCCNC(=O)c1ccc(-c2ccc3c(c2)COC(C2CCN(C(=O)c4ccccc4)CC2)O3)cc1. The molecule has 2 aliphatic heterocycles. The van der Waals surface area contributed by atoms with Crippen molar-refractivity contribution < 1.29 is 23.8 Å². The van der Waals surface area contributed by atoms with Crippen molar-refractivity contribution >= 4 is 11.8 Å². The van der Waals surface area contributed by atoms with Crippen LogP contribution in [-0.4, -0.2) is 56.4 Å². The summed E-state index contributed by atoms with van der Waals surface area (Å²) >= 11 is 0. The normalized spacial score (nSPS) is 17.5. The fraction of sp³-hybridized carbons (Fsp3) is 0.333. The third kappa shape index (κ3) is 5.84. The Bertz CT molecular complexity index is 1220. The number of piperidine rings is 1. The quantitative estimate of drug-likeness (QED) is 0.483. The van der Waals surface area contributed by atoms with Crippen molar-refractivity contribution in [1.82, 2.24) is 10.2 Å². The molecule has 2 aliphatic rings. The van der Waals surface area contributed by atoms with Crippen LogP contribution in [0.3, 0.4) is 0 Å². The predicted molar refractivity (Wildman–Crippen MR) is 140 cm³/mol.